The molecule has 24 heavy (non-hydrogen) atoms. The average molecular weight is 344 g/mol. The van der Waals surface area contributed by atoms with Crippen LogP contribution in [0.5, 0.6) is 0 Å². The fourth-order valence-corrected chi connectivity index (χ4v) is 4.03. The van der Waals surface area contributed by atoms with Crippen molar-refractivity contribution in [2.75, 3.05) is 11.6 Å². The fourth-order valence-electron chi connectivity index (χ4n) is 3.16. The Morgan fingerprint density at radius 3 is 2.88 bits per heavy atom. The second kappa shape index (κ2) is 6.65. The first-order chi connectivity index (χ1) is 11.5. The molecule has 1 aromatic heterocycles. The summed E-state index contributed by atoms with van der Waals surface area (Å²) >= 11 is 0. The molecule has 0 saturated heterocycles. The van der Waals surface area contributed by atoms with Gasteiger partial charge in [-0.2, -0.15) is 10.4 Å². The van der Waals surface area contributed by atoms with Crippen LogP contribution in [0.1, 0.15) is 25.7 Å². The second-order valence-electron chi connectivity index (χ2n) is 6.25. The number of nitriles is 1. The van der Waals surface area contributed by atoms with Crippen molar-refractivity contribution in [2.45, 2.75) is 36.6 Å². The highest BCUT2D eigenvalue weighted by Crippen LogP contribution is 2.27. The van der Waals surface area contributed by atoms with Crippen molar-refractivity contribution in [2.24, 2.45) is 5.92 Å². The van der Waals surface area contributed by atoms with Crippen LogP contribution in [0.2, 0.25) is 0 Å². The monoisotopic (exact) mass is 344 g/mol. The molecule has 126 valence electrons. The van der Waals surface area contributed by atoms with Crippen LogP contribution in [0.4, 0.5) is 5.69 Å². The minimum Gasteiger partial charge on any atom is -0.380 e. The summed E-state index contributed by atoms with van der Waals surface area (Å²) < 4.78 is 25.4. The summed E-state index contributed by atoms with van der Waals surface area (Å²) in [6.07, 6.45) is 8.55. The Morgan fingerprint density at radius 1 is 1.33 bits per heavy atom. The molecule has 2 aromatic rings. The number of rotatable bonds is 4. The summed E-state index contributed by atoms with van der Waals surface area (Å²) in [5.41, 5.74) is 1.37. The maximum Gasteiger partial charge on any atom is 0.177 e. The summed E-state index contributed by atoms with van der Waals surface area (Å²) in [5, 5.41) is 16.8. The van der Waals surface area contributed by atoms with E-state index in [1.165, 1.54) is 6.26 Å². The lowest BCUT2D eigenvalue weighted by molar-refractivity contribution is 0.395. The molecule has 1 aliphatic carbocycles. The van der Waals surface area contributed by atoms with Crippen molar-refractivity contribution in [3.63, 3.8) is 0 Å². The van der Waals surface area contributed by atoms with E-state index in [9.17, 15) is 8.42 Å². The van der Waals surface area contributed by atoms with Crippen LogP contribution in [-0.2, 0) is 9.84 Å². The molecule has 0 spiro atoms. The third-order valence-electron chi connectivity index (χ3n) is 4.32. The van der Waals surface area contributed by atoms with Crippen molar-refractivity contribution < 1.29 is 8.42 Å². The predicted molar refractivity (Wildman–Crippen MR) is 91.7 cm³/mol. The van der Waals surface area contributed by atoms with Gasteiger partial charge in [-0.3, -0.25) is 0 Å². The summed E-state index contributed by atoms with van der Waals surface area (Å²) in [6.45, 7) is 0. The SMILES string of the molecule is CS(=O)(=O)c1ccccc1-n1cc(NC2CCCC(C#N)C2)cn1. The number of sulfone groups is 1. The van der Waals surface area contributed by atoms with E-state index in [0.717, 1.165) is 31.4 Å². The smallest absolute Gasteiger partial charge is 0.177 e. The lowest BCUT2D eigenvalue weighted by Crippen LogP contribution is -2.26. The fraction of sp³-hybridized carbons (Fsp3) is 0.412. The van der Waals surface area contributed by atoms with Gasteiger partial charge in [0.05, 0.1) is 34.7 Å². The summed E-state index contributed by atoms with van der Waals surface area (Å²) in [7, 11) is -3.33. The number of nitrogens with one attached hydrogen (secondary N) is 1. The number of aromatic nitrogens is 2. The Balaban J connectivity index is 1.81. The molecule has 0 radical (unpaired) electrons. The Labute approximate surface area is 142 Å². The Hall–Kier alpha value is -2.33. The molecule has 0 aliphatic heterocycles. The first kappa shape index (κ1) is 16.5. The quantitative estimate of drug-likeness (QED) is 0.921. The van der Waals surface area contributed by atoms with Gasteiger partial charge in [-0.05, 0) is 31.4 Å². The summed E-state index contributed by atoms with van der Waals surface area (Å²) in [5.74, 6) is 0.109. The van der Waals surface area contributed by atoms with E-state index in [4.69, 9.17) is 5.26 Å². The molecule has 0 amide bonds. The zero-order valence-corrected chi connectivity index (χ0v) is 14.3. The molecule has 0 bridgehead atoms. The minimum absolute atomic E-state index is 0.109. The van der Waals surface area contributed by atoms with E-state index in [2.05, 4.69) is 16.5 Å². The lowest BCUT2D eigenvalue weighted by atomic mass is 9.86. The highest BCUT2D eigenvalue weighted by atomic mass is 32.2. The zero-order valence-electron chi connectivity index (χ0n) is 13.5. The molecular formula is C17H20N4O2S. The summed E-state index contributed by atoms with van der Waals surface area (Å²) in [6, 6.07) is 9.41. The molecule has 1 N–H and O–H groups in total. The van der Waals surface area contributed by atoms with Crippen molar-refractivity contribution in [1.82, 2.24) is 9.78 Å². The molecule has 2 atom stereocenters. The van der Waals surface area contributed by atoms with Crippen molar-refractivity contribution in [3.8, 4) is 11.8 Å². The average Bonchev–Trinajstić information content (AvgIpc) is 3.02. The molecule has 7 heteroatoms. The van der Waals surface area contributed by atoms with Crippen LogP contribution in [-0.4, -0.2) is 30.5 Å². The lowest BCUT2D eigenvalue weighted by Gasteiger charge is -2.26. The van der Waals surface area contributed by atoms with Gasteiger partial charge < -0.3 is 5.32 Å². The zero-order chi connectivity index (χ0) is 17.2. The maximum absolute atomic E-state index is 11.9. The molecule has 1 fully saturated rings. The van der Waals surface area contributed by atoms with Crippen LogP contribution in [0.15, 0.2) is 41.6 Å². The first-order valence-corrected chi connectivity index (χ1v) is 9.87. The molecule has 1 heterocycles. The van der Waals surface area contributed by atoms with E-state index >= 15 is 0 Å². The normalized spacial score (nSPS) is 21.2. The van der Waals surface area contributed by atoms with E-state index in [0.29, 0.717) is 5.69 Å². The van der Waals surface area contributed by atoms with E-state index < -0.39 is 9.84 Å². The van der Waals surface area contributed by atoms with Crippen molar-refractivity contribution in [3.05, 3.63) is 36.7 Å². The van der Waals surface area contributed by atoms with Gasteiger partial charge in [0.2, 0.25) is 0 Å². The van der Waals surface area contributed by atoms with Crippen LogP contribution < -0.4 is 5.32 Å². The number of hydrogen-bond acceptors (Lipinski definition) is 5. The highest BCUT2D eigenvalue weighted by Gasteiger charge is 2.22. The van der Waals surface area contributed by atoms with Crippen molar-refractivity contribution >= 4 is 15.5 Å². The Bertz CT molecular complexity index is 867. The maximum atomic E-state index is 11.9. The van der Waals surface area contributed by atoms with Crippen LogP contribution >= 0.6 is 0 Å². The largest absolute Gasteiger partial charge is 0.380 e. The standard InChI is InChI=1S/C17H20N4O2S/c1-24(22,23)17-8-3-2-7-16(17)21-12-15(11-19-21)20-14-6-4-5-13(9-14)10-18/h2-3,7-8,11-14,20H,4-6,9H2,1H3. The number of anilines is 1. The van der Waals surface area contributed by atoms with Gasteiger partial charge >= 0.3 is 0 Å². The van der Waals surface area contributed by atoms with E-state index in [-0.39, 0.29) is 16.9 Å². The van der Waals surface area contributed by atoms with Gasteiger partial charge in [-0.1, -0.05) is 18.6 Å². The molecule has 1 saturated carbocycles. The second-order valence-corrected chi connectivity index (χ2v) is 8.23. The van der Waals surface area contributed by atoms with Crippen LogP contribution in [0.25, 0.3) is 5.69 Å². The molecule has 1 aliphatic rings. The van der Waals surface area contributed by atoms with Crippen LogP contribution in [0, 0.1) is 17.2 Å². The van der Waals surface area contributed by atoms with Gasteiger partial charge in [0.1, 0.15) is 0 Å². The molecule has 2 unspecified atom stereocenters. The van der Waals surface area contributed by atoms with Gasteiger partial charge in [0.15, 0.2) is 9.84 Å². The Morgan fingerprint density at radius 2 is 2.12 bits per heavy atom. The molecular weight excluding hydrogens is 324 g/mol. The third-order valence-corrected chi connectivity index (χ3v) is 5.47. The highest BCUT2D eigenvalue weighted by molar-refractivity contribution is 7.90. The molecule has 3 rings (SSSR count). The first-order valence-electron chi connectivity index (χ1n) is 7.97. The van der Waals surface area contributed by atoms with Gasteiger partial charge in [0.25, 0.3) is 0 Å². The van der Waals surface area contributed by atoms with Crippen molar-refractivity contribution in [1.29, 1.82) is 5.26 Å². The minimum atomic E-state index is -3.33. The third kappa shape index (κ3) is 3.60. The number of para-hydroxylation sites is 1. The topological polar surface area (TPSA) is 87.8 Å². The number of nitrogens with zero attached hydrogens (tertiary/aromatic N) is 3. The molecule has 6 nitrogen and oxygen atoms in total. The summed E-state index contributed by atoms with van der Waals surface area (Å²) in [4.78, 5) is 0.252. The van der Waals surface area contributed by atoms with Gasteiger partial charge in [-0.25, -0.2) is 13.1 Å². The molecule has 1 aromatic carbocycles. The van der Waals surface area contributed by atoms with E-state index in [1.54, 1.807) is 41.3 Å². The number of hydrogen-bond donors (Lipinski definition) is 1. The predicted octanol–water partition coefficient (Wildman–Crippen LogP) is 2.77. The van der Waals surface area contributed by atoms with E-state index in [1.807, 2.05) is 0 Å². The van der Waals surface area contributed by atoms with Gasteiger partial charge in [0, 0.05) is 18.2 Å². The van der Waals surface area contributed by atoms with Gasteiger partial charge in [-0.15, -0.1) is 0 Å². The van der Waals surface area contributed by atoms with Crippen LogP contribution in [0.3, 0.4) is 0 Å². The Kier molecular flexibility index (Phi) is 4.58. The number of benzene rings is 1.